The second-order valence-electron chi connectivity index (χ2n) is 2.87. The molecule has 0 radical (unpaired) electrons. The fourth-order valence-electron chi connectivity index (χ4n) is 0.831. The summed E-state index contributed by atoms with van der Waals surface area (Å²) >= 11 is 0. The minimum atomic E-state index is -0.948. The maximum atomic E-state index is 9.79. The van der Waals surface area contributed by atoms with Crippen molar-refractivity contribution in [2.24, 2.45) is 0 Å². The Bertz CT molecular complexity index is 162. The van der Waals surface area contributed by atoms with Crippen LogP contribution in [0.15, 0.2) is 0 Å². The average molecular weight is 220 g/mol. The highest BCUT2D eigenvalue weighted by molar-refractivity contribution is 5.69. The van der Waals surface area contributed by atoms with Gasteiger partial charge in [-0.2, -0.15) is 0 Å². The van der Waals surface area contributed by atoms with Crippen molar-refractivity contribution >= 4 is 11.9 Å². The van der Waals surface area contributed by atoms with E-state index in [0.717, 1.165) is 26.4 Å². The van der Waals surface area contributed by atoms with Crippen LogP contribution in [0.3, 0.4) is 0 Å². The zero-order chi connectivity index (χ0) is 11.5. The molecule has 2 N–H and O–H groups in total. The molecule has 0 atom stereocenters. The number of aliphatic carboxylic acids is 2. The van der Waals surface area contributed by atoms with Gasteiger partial charge in [-0.15, -0.1) is 0 Å². The summed E-state index contributed by atoms with van der Waals surface area (Å²) in [6, 6.07) is 0. The maximum Gasteiger partial charge on any atom is 0.303 e. The normalized spacial score (nSPS) is 14.9. The number of carboxylic acid groups (broad SMARTS) is 2. The minimum Gasteiger partial charge on any atom is -0.481 e. The molecular formula is C9H16O6. The van der Waals surface area contributed by atoms with Gasteiger partial charge in [-0.3, -0.25) is 9.59 Å². The molecule has 15 heavy (non-hydrogen) atoms. The quantitative estimate of drug-likeness (QED) is 0.710. The lowest BCUT2D eigenvalue weighted by Gasteiger charge is -2.09. The van der Waals surface area contributed by atoms with Crippen molar-refractivity contribution in [2.75, 3.05) is 26.4 Å². The molecule has 0 saturated carbocycles. The fraction of sp³-hybridized carbons (Fsp3) is 0.778. The third-order valence-electron chi connectivity index (χ3n) is 1.53. The first-order chi connectivity index (χ1) is 7.13. The Kier molecular flexibility index (Phi) is 8.70. The van der Waals surface area contributed by atoms with Gasteiger partial charge in [0, 0.05) is 12.8 Å². The van der Waals surface area contributed by atoms with Gasteiger partial charge in [0.15, 0.2) is 0 Å². The molecule has 0 aromatic rings. The molecule has 0 bridgehead atoms. The summed E-state index contributed by atoms with van der Waals surface area (Å²) in [6.07, 6.45) is 0.0866. The molecule has 1 aliphatic rings. The molecule has 0 spiro atoms. The van der Waals surface area contributed by atoms with Gasteiger partial charge in [0.2, 0.25) is 0 Å². The highest BCUT2D eigenvalue weighted by Gasteiger charge is 1.99. The second kappa shape index (κ2) is 9.42. The monoisotopic (exact) mass is 220 g/mol. The van der Waals surface area contributed by atoms with E-state index in [1.165, 1.54) is 0 Å². The van der Waals surface area contributed by atoms with Crippen LogP contribution in [-0.2, 0) is 19.1 Å². The van der Waals surface area contributed by atoms with Crippen LogP contribution in [0.1, 0.15) is 19.3 Å². The van der Waals surface area contributed by atoms with Gasteiger partial charge in [0.05, 0.1) is 26.4 Å². The third-order valence-corrected chi connectivity index (χ3v) is 1.53. The van der Waals surface area contributed by atoms with Gasteiger partial charge in [-0.1, -0.05) is 0 Å². The molecule has 0 aromatic carbocycles. The van der Waals surface area contributed by atoms with Crippen LogP contribution in [0.25, 0.3) is 0 Å². The molecular weight excluding hydrogens is 204 g/mol. The SMILES string of the molecule is C1COCCO1.O=C(O)CCCC(=O)O. The van der Waals surface area contributed by atoms with Gasteiger partial charge >= 0.3 is 11.9 Å². The number of hydrogen-bond donors (Lipinski definition) is 2. The fourth-order valence-corrected chi connectivity index (χ4v) is 0.831. The van der Waals surface area contributed by atoms with E-state index in [-0.39, 0.29) is 19.3 Å². The predicted octanol–water partition coefficient (Wildman–Crippen LogP) is 0.359. The van der Waals surface area contributed by atoms with E-state index in [1.54, 1.807) is 0 Å². The number of rotatable bonds is 4. The van der Waals surface area contributed by atoms with Crippen molar-refractivity contribution in [3.8, 4) is 0 Å². The van der Waals surface area contributed by atoms with E-state index in [0.29, 0.717) is 0 Å². The first kappa shape index (κ1) is 13.9. The molecule has 1 aliphatic heterocycles. The minimum absolute atomic E-state index is 0.0632. The number of ether oxygens (including phenoxy) is 2. The van der Waals surface area contributed by atoms with Crippen LogP contribution >= 0.6 is 0 Å². The largest absolute Gasteiger partial charge is 0.481 e. The summed E-state index contributed by atoms with van der Waals surface area (Å²) in [5, 5.41) is 16.1. The summed E-state index contributed by atoms with van der Waals surface area (Å²) in [4.78, 5) is 19.6. The Morgan fingerprint density at radius 1 is 0.867 bits per heavy atom. The summed E-state index contributed by atoms with van der Waals surface area (Å²) in [7, 11) is 0. The van der Waals surface area contributed by atoms with Gasteiger partial charge in [-0.25, -0.2) is 0 Å². The van der Waals surface area contributed by atoms with Crippen molar-refractivity contribution in [1.82, 2.24) is 0 Å². The Morgan fingerprint density at radius 2 is 1.20 bits per heavy atom. The van der Waals surface area contributed by atoms with Gasteiger partial charge < -0.3 is 19.7 Å². The molecule has 1 fully saturated rings. The second-order valence-corrected chi connectivity index (χ2v) is 2.87. The Morgan fingerprint density at radius 3 is 1.40 bits per heavy atom. The van der Waals surface area contributed by atoms with Crippen molar-refractivity contribution in [3.05, 3.63) is 0 Å². The van der Waals surface area contributed by atoms with E-state index in [2.05, 4.69) is 0 Å². The van der Waals surface area contributed by atoms with Crippen molar-refractivity contribution in [1.29, 1.82) is 0 Å². The molecule has 1 rings (SSSR count). The van der Waals surface area contributed by atoms with E-state index < -0.39 is 11.9 Å². The number of carbonyl (C=O) groups is 2. The van der Waals surface area contributed by atoms with Crippen molar-refractivity contribution < 1.29 is 29.3 Å². The number of hydrogen-bond acceptors (Lipinski definition) is 4. The first-order valence-corrected chi connectivity index (χ1v) is 4.72. The summed E-state index contributed by atoms with van der Waals surface area (Å²) in [5.74, 6) is -1.90. The van der Waals surface area contributed by atoms with E-state index >= 15 is 0 Å². The highest BCUT2D eigenvalue weighted by atomic mass is 16.6. The zero-order valence-corrected chi connectivity index (χ0v) is 8.48. The molecule has 0 aromatic heterocycles. The molecule has 0 aliphatic carbocycles. The van der Waals surface area contributed by atoms with Crippen LogP contribution < -0.4 is 0 Å². The highest BCUT2D eigenvalue weighted by Crippen LogP contribution is 1.93. The van der Waals surface area contributed by atoms with Gasteiger partial charge in [-0.05, 0) is 6.42 Å². The van der Waals surface area contributed by atoms with Crippen LogP contribution in [0.2, 0.25) is 0 Å². The van der Waals surface area contributed by atoms with Crippen molar-refractivity contribution in [3.63, 3.8) is 0 Å². The van der Waals surface area contributed by atoms with E-state index in [4.69, 9.17) is 19.7 Å². The zero-order valence-electron chi connectivity index (χ0n) is 8.48. The van der Waals surface area contributed by atoms with Crippen LogP contribution in [0.5, 0.6) is 0 Å². The molecule has 1 heterocycles. The molecule has 6 nitrogen and oxygen atoms in total. The third kappa shape index (κ3) is 12.9. The Balaban J connectivity index is 0.000000280. The lowest BCUT2D eigenvalue weighted by Crippen LogP contribution is -2.16. The first-order valence-electron chi connectivity index (χ1n) is 4.72. The van der Waals surface area contributed by atoms with Crippen molar-refractivity contribution in [2.45, 2.75) is 19.3 Å². The van der Waals surface area contributed by atoms with Crippen LogP contribution in [-0.4, -0.2) is 48.6 Å². The Labute approximate surface area is 87.8 Å². The van der Waals surface area contributed by atoms with Gasteiger partial charge in [0.25, 0.3) is 0 Å². The van der Waals surface area contributed by atoms with E-state index in [9.17, 15) is 9.59 Å². The lowest BCUT2D eigenvalue weighted by molar-refractivity contribution is -0.138. The molecule has 1 saturated heterocycles. The molecule has 0 unspecified atom stereocenters. The predicted molar refractivity (Wildman–Crippen MR) is 50.8 cm³/mol. The van der Waals surface area contributed by atoms with Crippen LogP contribution in [0.4, 0.5) is 0 Å². The summed E-state index contributed by atoms with van der Waals surface area (Å²) < 4.78 is 9.89. The smallest absolute Gasteiger partial charge is 0.303 e. The number of carboxylic acids is 2. The standard InChI is InChI=1S/C5H8O4.C4H8O2/c6-4(7)2-1-3-5(8)9;1-2-6-4-3-5-1/h1-3H2,(H,6,7)(H,8,9);1-4H2. The van der Waals surface area contributed by atoms with E-state index in [1.807, 2.05) is 0 Å². The summed E-state index contributed by atoms with van der Waals surface area (Å²) in [6.45, 7) is 3.11. The van der Waals surface area contributed by atoms with Gasteiger partial charge in [0.1, 0.15) is 0 Å². The van der Waals surface area contributed by atoms with Crippen LogP contribution in [0, 0.1) is 0 Å². The molecule has 0 amide bonds. The molecule has 88 valence electrons. The average Bonchev–Trinajstić information content (AvgIpc) is 2.20. The summed E-state index contributed by atoms with van der Waals surface area (Å²) in [5.41, 5.74) is 0. The topological polar surface area (TPSA) is 93.1 Å². The molecule has 6 heteroatoms. The lowest BCUT2D eigenvalue weighted by atomic mass is 10.2. The maximum absolute atomic E-state index is 9.79. The Hall–Kier alpha value is -1.14.